The highest BCUT2D eigenvalue weighted by atomic mass is 79.9. The lowest BCUT2D eigenvalue weighted by Crippen LogP contribution is -2.31. The van der Waals surface area contributed by atoms with Gasteiger partial charge in [-0.05, 0) is 48.5 Å². The molecule has 2 unspecified atom stereocenters. The number of ether oxygens (including phenoxy) is 1. The van der Waals surface area contributed by atoms with Crippen molar-refractivity contribution in [3.8, 4) is 0 Å². The van der Waals surface area contributed by atoms with Crippen LogP contribution in [0.2, 0.25) is 0 Å². The summed E-state index contributed by atoms with van der Waals surface area (Å²) in [5, 5.41) is 9.28. The first kappa shape index (κ1) is 23.4. The summed E-state index contributed by atoms with van der Waals surface area (Å²) < 4.78 is 6.90. The molecular weight excluding hydrogens is 532 g/mol. The van der Waals surface area contributed by atoms with E-state index < -0.39 is 18.2 Å². The Morgan fingerprint density at radius 3 is 1.74 bits per heavy atom. The van der Waals surface area contributed by atoms with E-state index in [0.29, 0.717) is 25.9 Å². The van der Waals surface area contributed by atoms with E-state index in [1.54, 1.807) is 9.80 Å². The fourth-order valence-electron chi connectivity index (χ4n) is 3.38. The van der Waals surface area contributed by atoms with E-state index in [9.17, 15) is 19.5 Å². The Hall–Kier alpha value is -2.23. The summed E-state index contributed by atoms with van der Waals surface area (Å²) in [6.07, 6.45) is -0.376. The standard InChI is InChI=1S/C12H12BrNO3.C10H10BrNO2/c1-8(15)17-11-6-7-14(12(11)16)10-4-2-9(13)3-5-10;11-7-1-3-8(4-2-7)12-6-5-9(13)10(12)14/h2-5,11H,6-7H2,1H3;1-4,9,13H,5-6H2. The van der Waals surface area contributed by atoms with Crippen LogP contribution in [0.25, 0.3) is 0 Å². The third-order valence-electron chi connectivity index (χ3n) is 4.92. The Morgan fingerprint density at radius 1 is 0.871 bits per heavy atom. The van der Waals surface area contributed by atoms with Gasteiger partial charge in [-0.2, -0.15) is 0 Å². The maximum atomic E-state index is 12.0. The fourth-order valence-corrected chi connectivity index (χ4v) is 3.91. The van der Waals surface area contributed by atoms with Crippen LogP contribution in [-0.2, 0) is 19.1 Å². The number of anilines is 2. The number of benzene rings is 2. The summed E-state index contributed by atoms with van der Waals surface area (Å²) in [6.45, 7) is 2.50. The van der Waals surface area contributed by atoms with Crippen molar-refractivity contribution in [1.82, 2.24) is 0 Å². The van der Waals surface area contributed by atoms with Gasteiger partial charge in [0, 0.05) is 53.2 Å². The van der Waals surface area contributed by atoms with Crippen LogP contribution in [0.15, 0.2) is 57.5 Å². The van der Waals surface area contributed by atoms with Crippen molar-refractivity contribution in [3.05, 3.63) is 57.5 Å². The molecule has 9 heteroatoms. The number of halogens is 2. The minimum atomic E-state index is -0.821. The van der Waals surface area contributed by atoms with Gasteiger partial charge < -0.3 is 19.6 Å². The summed E-state index contributed by atoms with van der Waals surface area (Å²) in [5.41, 5.74) is 1.67. The molecule has 164 valence electrons. The van der Waals surface area contributed by atoms with Gasteiger partial charge in [0.25, 0.3) is 11.8 Å². The van der Waals surface area contributed by atoms with Gasteiger partial charge in [-0.3, -0.25) is 14.4 Å². The summed E-state index contributed by atoms with van der Waals surface area (Å²) in [7, 11) is 0. The van der Waals surface area contributed by atoms with Crippen molar-refractivity contribution >= 4 is 61.0 Å². The molecule has 0 bridgehead atoms. The molecule has 0 aromatic heterocycles. The normalized spacial score (nSPS) is 20.5. The molecule has 2 saturated heterocycles. The van der Waals surface area contributed by atoms with Gasteiger partial charge in [-0.1, -0.05) is 31.9 Å². The molecule has 0 spiro atoms. The first-order chi connectivity index (χ1) is 14.8. The third-order valence-corrected chi connectivity index (χ3v) is 5.98. The van der Waals surface area contributed by atoms with Crippen LogP contribution in [0.5, 0.6) is 0 Å². The van der Waals surface area contributed by atoms with Gasteiger partial charge in [-0.25, -0.2) is 0 Å². The van der Waals surface area contributed by atoms with Crippen molar-refractivity contribution in [2.45, 2.75) is 32.0 Å². The molecule has 2 aromatic carbocycles. The Labute approximate surface area is 197 Å². The minimum Gasteiger partial charge on any atom is -0.452 e. The molecule has 2 aliphatic heterocycles. The Balaban J connectivity index is 0.000000179. The van der Waals surface area contributed by atoms with E-state index in [1.807, 2.05) is 48.5 Å². The van der Waals surface area contributed by atoms with Gasteiger partial charge in [0.1, 0.15) is 6.10 Å². The highest BCUT2D eigenvalue weighted by molar-refractivity contribution is 9.10. The maximum absolute atomic E-state index is 12.0. The predicted octanol–water partition coefficient (Wildman–Crippen LogP) is 3.66. The van der Waals surface area contributed by atoms with Gasteiger partial charge in [0.2, 0.25) is 0 Å². The molecule has 0 aliphatic carbocycles. The Bertz CT molecular complexity index is 949. The summed E-state index contributed by atoms with van der Waals surface area (Å²) >= 11 is 6.67. The van der Waals surface area contributed by atoms with Crippen molar-refractivity contribution < 1.29 is 24.2 Å². The second kappa shape index (κ2) is 10.4. The number of carbonyl (C=O) groups is 3. The molecule has 0 saturated carbocycles. The van der Waals surface area contributed by atoms with Crippen LogP contribution >= 0.6 is 31.9 Å². The number of esters is 1. The van der Waals surface area contributed by atoms with Crippen LogP contribution in [0, 0.1) is 0 Å². The second-order valence-electron chi connectivity index (χ2n) is 7.12. The van der Waals surface area contributed by atoms with Crippen molar-refractivity contribution in [2.24, 2.45) is 0 Å². The monoisotopic (exact) mass is 552 g/mol. The first-order valence-corrected chi connectivity index (χ1v) is 11.3. The van der Waals surface area contributed by atoms with Crippen LogP contribution in [0.3, 0.4) is 0 Å². The van der Waals surface area contributed by atoms with Crippen molar-refractivity contribution in [1.29, 1.82) is 0 Å². The Morgan fingerprint density at radius 2 is 1.32 bits per heavy atom. The van der Waals surface area contributed by atoms with Crippen LogP contribution in [0.4, 0.5) is 11.4 Å². The lowest BCUT2D eigenvalue weighted by molar-refractivity contribution is -0.151. The van der Waals surface area contributed by atoms with Gasteiger partial charge >= 0.3 is 5.97 Å². The van der Waals surface area contributed by atoms with Crippen LogP contribution in [0.1, 0.15) is 19.8 Å². The zero-order chi connectivity index (χ0) is 22.5. The van der Waals surface area contributed by atoms with E-state index >= 15 is 0 Å². The molecule has 1 N–H and O–H groups in total. The number of nitrogens with zero attached hydrogens (tertiary/aromatic N) is 2. The second-order valence-corrected chi connectivity index (χ2v) is 8.96. The fraction of sp³-hybridized carbons (Fsp3) is 0.318. The number of carbonyl (C=O) groups excluding carboxylic acids is 3. The molecule has 2 fully saturated rings. The smallest absolute Gasteiger partial charge is 0.303 e. The Kier molecular flexibility index (Phi) is 7.85. The van der Waals surface area contributed by atoms with E-state index in [2.05, 4.69) is 31.9 Å². The third kappa shape index (κ3) is 5.93. The van der Waals surface area contributed by atoms with Gasteiger partial charge in [-0.15, -0.1) is 0 Å². The highest BCUT2D eigenvalue weighted by Crippen LogP contribution is 2.25. The maximum Gasteiger partial charge on any atom is 0.303 e. The summed E-state index contributed by atoms with van der Waals surface area (Å²) in [4.78, 5) is 37.5. The van der Waals surface area contributed by atoms with Crippen molar-refractivity contribution in [2.75, 3.05) is 22.9 Å². The quantitative estimate of drug-likeness (QED) is 0.586. The molecule has 4 rings (SSSR count). The zero-order valence-corrected chi connectivity index (χ0v) is 20.0. The number of hydrogen-bond acceptors (Lipinski definition) is 5. The number of aliphatic hydroxyl groups excluding tert-OH is 1. The van der Waals surface area contributed by atoms with Gasteiger partial charge in [0.05, 0.1) is 0 Å². The molecule has 2 aliphatic rings. The SMILES string of the molecule is CC(=O)OC1CCN(c2ccc(Br)cc2)C1=O.O=C1C(O)CCN1c1ccc(Br)cc1. The van der Waals surface area contributed by atoms with Crippen LogP contribution in [-0.4, -0.2) is 48.2 Å². The van der Waals surface area contributed by atoms with Crippen molar-refractivity contribution in [3.63, 3.8) is 0 Å². The largest absolute Gasteiger partial charge is 0.452 e. The summed E-state index contributed by atoms with van der Waals surface area (Å²) in [6, 6.07) is 15.0. The molecule has 7 nitrogen and oxygen atoms in total. The zero-order valence-electron chi connectivity index (χ0n) is 16.8. The highest BCUT2D eigenvalue weighted by Gasteiger charge is 2.34. The average molecular weight is 554 g/mol. The summed E-state index contributed by atoms with van der Waals surface area (Å²) in [5.74, 6) is -0.768. The molecule has 2 atom stereocenters. The number of rotatable bonds is 3. The van der Waals surface area contributed by atoms with E-state index in [-0.39, 0.29) is 11.8 Å². The van der Waals surface area contributed by atoms with Crippen LogP contribution < -0.4 is 9.80 Å². The van der Waals surface area contributed by atoms with E-state index in [0.717, 1.165) is 20.3 Å². The molecule has 2 heterocycles. The molecule has 31 heavy (non-hydrogen) atoms. The van der Waals surface area contributed by atoms with Gasteiger partial charge in [0.15, 0.2) is 6.10 Å². The number of aliphatic hydroxyl groups is 1. The predicted molar refractivity (Wildman–Crippen MR) is 124 cm³/mol. The molecular formula is C22H22Br2N2O5. The van der Waals surface area contributed by atoms with E-state index in [4.69, 9.17) is 4.74 Å². The molecule has 2 aromatic rings. The molecule has 0 radical (unpaired) electrons. The number of amides is 2. The van der Waals surface area contributed by atoms with E-state index in [1.165, 1.54) is 6.92 Å². The lowest BCUT2D eigenvalue weighted by Gasteiger charge is -2.16. The lowest BCUT2D eigenvalue weighted by atomic mass is 10.3. The average Bonchev–Trinajstić information content (AvgIpc) is 3.26. The first-order valence-electron chi connectivity index (χ1n) is 9.75. The molecule has 2 amide bonds. The topological polar surface area (TPSA) is 87.1 Å². The minimum absolute atomic E-state index is 0.150. The number of hydrogen-bond donors (Lipinski definition) is 1.